The van der Waals surface area contributed by atoms with Crippen molar-refractivity contribution in [2.45, 2.75) is 44.4 Å². The summed E-state index contributed by atoms with van der Waals surface area (Å²) in [5, 5.41) is 2.03. The predicted octanol–water partition coefficient (Wildman–Crippen LogP) is 3.99. The Bertz CT molecular complexity index is 718. The summed E-state index contributed by atoms with van der Waals surface area (Å²) >= 11 is 0. The van der Waals surface area contributed by atoms with Crippen molar-refractivity contribution in [1.82, 2.24) is 0 Å². The minimum atomic E-state index is -4.17. The van der Waals surface area contributed by atoms with Crippen LogP contribution < -0.4 is 0 Å². The van der Waals surface area contributed by atoms with Crippen molar-refractivity contribution < 1.29 is 13.0 Å². The third-order valence-corrected chi connectivity index (χ3v) is 4.31. The summed E-state index contributed by atoms with van der Waals surface area (Å²) < 4.78 is 32.2. The quantitative estimate of drug-likeness (QED) is 0.848. The fourth-order valence-corrected chi connectivity index (χ4v) is 3.17. The van der Waals surface area contributed by atoms with Crippen LogP contribution in [0.25, 0.3) is 10.8 Å². The van der Waals surface area contributed by atoms with Gasteiger partial charge in [-0.25, -0.2) is 0 Å². The van der Waals surface area contributed by atoms with E-state index < -0.39 is 10.1 Å². The number of hydrogen-bond donors (Lipinski definition) is 1. The predicted molar refractivity (Wildman–Crippen MR) is 81.8 cm³/mol. The molecule has 0 amide bonds. The highest BCUT2D eigenvalue weighted by Crippen LogP contribution is 2.28. The first-order valence-corrected chi connectivity index (χ1v) is 8.43. The summed E-state index contributed by atoms with van der Waals surface area (Å²) in [5.41, 5.74) is 2.11. The third kappa shape index (κ3) is 3.02. The molecule has 4 heteroatoms. The molecule has 0 fully saturated rings. The van der Waals surface area contributed by atoms with Crippen LogP contribution in [0.1, 0.15) is 37.8 Å². The fraction of sp³-hybridized carbons (Fsp3) is 0.375. The molecule has 0 aliphatic rings. The number of rotatable bonds is 5. The van der Waals surface area contributed by atoms with Gasteiger partial charge in [0.05, 0.1) is 4.90 Å². The minimum Gasteiger partial charge on any atom is -0.282 e. The highest BCUT2D eigenvalue weighted by Gasteiger charge is 2.14. The van der Waals surface area contributed by atoms with Gasteiger partial charge in [0.1, 0.15) is 0 Å². The number of hydrogen-bond acceptors (Lipinski definition) is 2. The molecule has 20 heavy (non-hydrogen) atoms. The van der Waals surface area contributed by atoms with Crippen LogP contribution in [0.2, 0.25) is 0 Å². The first-order chi connectivity index (χ1) is 9.47. The van der Waals surface area contributed by atoms with Crippen LogP contribution in [-0.2, 0) is 23.0 Å². The zero-order valence-electron chi connectivity index (χ0n) is 11.9. The second-order valence-corrected chi connectivity index (χ2v) is 6.49. The van der Waals surface area contributed by atoms with E-state index in [0.717, 1.165) is 47.6 Å². The van der Waals surface area contributed by atoms with Gasteiger partial charge in [-0.05, 0) is 46.9 Å². The zero-order chi connectivity index (χ0) is 14.8. The molecular weight excluding hydrogens is 272 g/mol. The highest BCUT2D eigenvalue weighted by atomic mass is 32.2. The summed E-state index contributed by atoms with van der Waals surface area (Å²) in [6.07, 6.45) is 3.63. The van der Waals surface area contributed by atoms with Crippen molar-refractivity contribution in [2.24, 2.45) is 0 Å². The lowest BCUT2D eigenvalue weighted by atomic mass is 9.96. The number of aryl methyl sites for hydroxylation is 2. The molecule has 0 aliphatic carbocycles. The Kier molecular flexibility index (Phi) is 4.45. The van der Waals surface area contributed by atoms with E-state index in [1.165, 1.54) is 0 Å². The van der Waals surface area contributed by atoms with E-state index in [1.54, 1.807) is 12.1 Å². The molecule has 2 aromatic carbocycles. The van der Waals surface area contributed by atoms with Crippen molar-refractivity contribution in [2.75, 3.05) is 0 Å². The van der Waals surface area contributed by atoms with E-state index >= 15 is 0 Å². The second kappa shape index (κ2) is 5.94. The van der Waals surface area contributed by atoms with Crippen molar-refractivity contribution in [1.29, 1.82) is 0 Å². The molecule has 2 aromatic rings. The molecular formula is C16H20O3S. The average Bonchev–Trinajstić information content (AvgIpc) is 2.39. The first kappa shape index (κ1) is 15.0. The van der Waals surface area contributed by atoms with Gasteiger partial charge >= 0.3 is 0 Å². The summed E-state index contributed by atoms with van der Waals surface area (Å²) in [6.45, 7) is 4.15. The van der Waals surface area contributed by atoms with Crippen LogP contribution >= 0.6 is 0 Å². The summed E-state index contributed by atoms with van der Waals surface area (Å²) in [6, 6.07) is 9.24. The van der Waals surface area contributed by atoms with Gasteiger partial charge in [0.25, 0.3) is 10.1 Å². The maximum absolute atomic E-state index is 11.5. The van der Waals surface area contributed by atoms with Gasteiger partial charge in [-0.3, -0.25) is 4.55 Å². The normalized spacial score (nSPS) is 11.9. The van der Waals surface area contributed by atoms with E-state index in [4.69, 9.17) is 0 Å². The topological polar surface area (TPSA) is 54.4 Å². The molecule has 0 atom stereocenters. The van der Waals surface area contributed by atoms with Crippen LogP contribution in [0.4, 0.5) is 0 Å². The smallest absolute Gasteiger partial charge is 0.282 e. The van der Waals surface area contributed by atoms with Crippen molar-refractivity contribution in [3.8, 4) is 0 Å². The lowest BCUT2D eigenvalue weighted by Crippen LogP contribution is -2.01. The summed E-state index contributed by atoms with van der Waals surface area (Å²) in [7, 11) is -4.17. The molecule has 3 nitrogen and oxygen atoms in total. The lowest BCUT2D eigenvalue weighted by Gasteiger charge is -2.12. The Morgan fingerprint density at radius 3 is 2.20 bits per heavy atom. The standard InChI is InChI=1S/C16H20O3S/c1-3-6-12-8-5-9-15-13(7-4-2)10-14(11-16(12)15)20(17,18)19/h5,8-11H,3-4,6-7H2,1-2H3,(H,17,18,19). The molecule has 2 rings (SSSR count). The zero-order valence-corrected chi connectivity index (χ0v) is 12.7. The number of fused-ring (bicyclic) bond motifs is 1. The van der Waals surface area contributed by atoms with E-state index in [9.17, 15) is 13.0 Å². The minimum absolute atomic E-state index is 0.00277. The second-order valence-electron chi connectivity index (χ2n) is 5.07. The van der Waals surface area contributed by atoms with Crippen LogP contribution in [0.15, 0.2) is 35.2 Å². The molecule has 0 spiro atoms. The van der Waals surface area contributed by atoms with Gasteiger partial charge in [0, 0.05) is 0 Å². The molecule has 0 unspecified atom stereocenters. The SMILES string of the molecule is CCCc1cc(S(=O)(=O)O)cc2c(CCC)cccc12. The molecule has 0 saturated carbocycles. The Morgan fingerprint density at radius 1 is 0.950 bits per heavy atom. The summed E-state index contributed by atoms with van der Waals surface area (Å²) in [5.74, 6) is 0. The molecule has 0 bridgehead atoms. The summed E-state index contributed by atoms with van der Waals surface area (Å²) in [4.78, 5) is -0.00277. The van der Waals surface area contributed by atoms with Gasteiger partial charge in [-0.1, -0.05) is 44.9 Å². The average molecular weight is 292 g/mol. The van der Waals surface area contributed by atoms with Crippen LogP contribution in [-0.4, -0.2) is 13.0 Å². The van der Waals surface area contributed by atoms with Crippen molar-refractivity contribution >= 4 is 20.9 Å². The molecule has 1 N–H and O–H groups in total. The molecule has 0 heterocycles. The van der Waals surface area contributed by atoms with E-state index in [0.29, 0.717) is 0 Å². The van der Waals surface area contributed by atoms with Crippen LogP contribution in [0.5, 0.6) is 0 Å². The van der Waals surface area contributed by atoms with Crippen LogP contribution in [0, 0.1) is 0 Å². The third-order valence-electron chi connectivity index (χ3n) is 3.48. The monoisotopic (exact) mass is 292 g/mol. The molecule has 0 saturated heterocycles. The Labute approximate surface area is 120 Å². The van der Waals surface area contributed by atoms with Crippen molar-refractivity contribution in [3.63, 3.8) is 0 Å². The van der Waals surface area contributed by atoms with E-state index in [2.05, 4.69) is 13.8 Å². The van der Waals surface area contributed by atoms with Crippen LogP contribution in [0.3, 0.4) is 0 Å². The van der Waals surface area contributed by atoms with E-state index in [1.807, 2.05) is 18.2 Å². The number of benzene rings is 2. The van der Waals surface area contributed by atoms with Gasteiger partial charge in [0.15, 0.2) is 0 Å². The lowest BCUT2D eigenvalue weighted by molar-refractivity contribution is 0.483. The Hall–Kier alpha value is -1.39. The Morgan fingerprint density at radius 2 is 1.60 bits per heavy atom. The van der Waals surface area contributed by atoms with Gasteiger partial charge in [0.2, 0.25) is 0 Å². The largest absolute Gasteiger partial charge is 0.294 e. The fourth-order valence-electron chi connectivity index (χ4n) is 2.61. The first-order valence-electron chi connectivity index (χ1n) is 6.99. The van der Waals surface area contributed by atoms with Crippen molar-refractivity contribution in [3.05, 3.63) is 41.5 Å². The highest BCUT2D eigenvalue weighted by molar-refractivity contribution is 7.85. The molecule has 0 aromatic heterocycles. The maximum atomic E-state index is 11.5. The van der Waals surface area contributed by atoms with E-state index in [-0.39, 0.29) is 4.90 Å². The molecule has 0 radical (unpaired) electrons. The molecule has 108 valence electrons. The molecule has 0 aliphatic heterocycles. The maximum Gasteiger partial charge on any atom is 0.294 e. The van der Waals surface area contributed by atoms with Gasteiger partial charge in [-0.15, -0.1) is 0 Å². The van der Waals surface area contributed by atoms with Gasteiger partial charge < -0.3 is 0 Å². The van der Waals surface area contributed by atoms with Gasteiger partial charge in [-0.2, -0.15) is 8.42 Å². The Balaban J connectivity index is 2.78.